The summed E-state index contributed by atoms with van der Waals surface area (Å²) in [5.74, 6) is 0. The average Bonchev–Trinajstić information content (AvgIpc) is 2.70. The highest BCUT2D eigenvalue weighted by atomic mass is 79.9. The fourth-order valence-electron chi connectivity index (χ4n) is 2.10. The van der Waals surface area contributed by atoms with Crippen LogP contribution >= 0.6 is 15.9 Å². The van der Waals surface area contributed by atoms with Crippen molar-refractivity contribution in [3.05, 3.63) is 16.4 Å². The number of aryl methyl sites for hydroxylation is 1. The summed E-state index contributed by atoms with van der Waals surface area (Å²) in [5, 5.41) is 7.88. The first-order valence-corrected chi connectivity index (χ1v) is 7.25. The zero-order valence-corrected chi connectivity index (χ0v) is 13.5. The largest absolute Gasteiger partial charge is 0.376 e. The number of ether oxygens (including phenoxy) is 1. The maximum absolute atomic E-state index is 5.76. The Morgan fingerprint density at radius 1 is 1.56 bits per heavy atom. The van der Waals surface area contributed by atoms with Gasteiger partial charge in [0.2, 0.25) is 0 Å². The quantitative estimate of drug-likeness (QED) is 0.840. The summed E-state index contributed by atoms with van der Waals surface area (Å²) < 4.78 is 8.69. The number of hydrogen-bond acceptors (Lipinski definition) is 3. The van der Waals surface area contributed by atoms with E-state index in [1.165, 1.54) is 0 Å². The van der Waals surface area contributed by atoms with Crippen molar-refractivity contribution in [2.45, 2.75) is 45.3 Å². The van der Waals surface area contributed by atoms with Crippen LogP contribution in [0, 0.1) is 0 Å². The Morgan fingerprint density at radius 2 is 2.22 bits per heavy atom. The van der Waals surface area contributed by atoms with Gasteiger partial charge in [-0.05, 0) is 42.2 Å². The molecule has 0 bridgehead atoms. The van der Waals surface area contributed by atoms with Crippen LogP contribution in [0.25, 0.3) is 0 Å². The van der Waals surface area contributed by atoms with Gasteiger partial charge in [0.15, 0.2) is 0 Å². The van der Waals surface area contributed by atoms with Crippen LogP contribution in [0.5, 0.6) is 0 Å². The molecular weight excluding hydrogens is 294 g/mol. The number of methoxy groups -OCH3 is 1. The number of hydrogen-bond donors (Lipinski definition) is 1. The van der Waals surface area contributed by atoms with E-state index in [4.69, 9.17) is 4.74 Å². The smallest absolute Gasteiger partial charge is 0.0857 e. The lowest BCUT2D eigenvalue weighted by atomic mass is 9.90. The van der Waals surface area contributed by atoms with E-state index in [-0.39, 0.29) is 11.6 Å². The molecule has 0 saturated carbocycles. The predicted octanol–water partition coefficient (Wildman–Crippen LogP) is 3.04. The molecule has 0 saturated heterocycles. The predicted molar refractivity (Wildman–Crippen MR) is 77.6 cm³/mol. The van der Waals surface area contributed by atoms with E-state index < -0.39 is 0 Å². The molecular formula is C13H24BrN3O. The van der Waals surface area contributed by atoms with Crippen molar-refractivity contribution in [2.24, 2.45) is 7.05 Å². The first-order chi connectivity index (χ1) is 8.50. The summed E-state index contributed by atoms with van der Waals surface area (Å²) >= 11 is 3.58. The molecule has 4 nitrogen and oxygen atoms in total. The standard InChI is InChI=1S/C13H24BrN3O/c1-6-8-15-12(13(3,7-2)18-5)11-10(14)9-16-17(11)4/h9,12,15H,6-8H2,1-5H3. The Balaban J connectivity index is 3.12. The number of halogens is 1. The van der Waals surface area contributed by atoms with Crippen LogP contribution in [-0.4, -0.2) is 29.0 Å². The van der Waals surface area contributed by atoms with Crippen LogP contribution in [0.2, 0.25) is 0 Å². The van der Waals surface area contributed by atoms with Gasteiger partial charge in [0, 0.05) is 14.2 Å². The Labute approximate surface area is 118 Å². The van der Waals surface area contributed by atoms with Gasteiger partial charge >= 0.3 is 0 Å². The van der Waals surface area contributed by atoms with Crippen LogP contribution in [0.4, 0.5) is 0 Å². The lowest BCUT2D eigenvalue weighted by Gasteiger charge is -2.36. The molecule has 0 aliphatic rings. The normalized spacial score (nSPS) is 16.6. The van der Waals surface area contributed by atoms with Gasteiger partial charge in [-0.3, -0.25) is 4.68 Å². The van der Waals surface area contributed by atoms with Gasteiger partial charge in [-0.1, -0.05) is 13.8 Å². The Bertz CT molecular complexity index is 355. The van der Waals surface area contributed by atoms with E-state index in [2.05, 4.69) is 47.1 Å². The molecule has 0 aliphatic carbocycles. The monoisotopic (exact) mass is 317 g/mol. The van der Waals surface area contributed by atoms with Crippen molar-refractivity contribution in [1.29, 1.82) is 0 Å². The first kappa shape index (κ1) is 15.7. The summed E-state index contributed by atoms with van der Waals surface area (Å²) in [5.41, 5.74) is 0.889. The highest BCUT2D eigenvalue weighted by molar-refractivity contribution is 9.10. The molecule has 1 aromatic heterocycles. The molecule has 0 fully saturated rings. The number of rotatable bonds is 7. The van der Waals surface area contributed by atoms with E-state index in [0.29, 0.717) is 0 Å². The Kier molecular flexibility index (Phi) is 5.82. The second-order valence-corrected chi connectivity index (χ2v) is 5.61. The molecule has 104 valence electrons. The van der Waals surface area contributed by atoms with Gasteiger partial charge in [0.25, 0.3) is 0 Å². The fourth-order valence-corrected chi connectivity index (χ4v) is 2.68. The molecule has 0 spiro atoms. The lowest BCUT2D eigenvalue weighted by Crippen LogP contribution is -2.44. The van der Waals surface area contributed by atoms with Crippen molar-refractivity contribution in [2.75, 3.05) is 13.7 Å². The van der Waals surface area contributed by atoms with Crippen LogP contribution in [0.1, 0.15) is 45.3 Å². The summed E-state index contributed by atoms with van der Waals surface area (Å²) in [7, 11) is 3.74. The van der Waals surface area contributed by atoms with E-state index in [9.17, 15) is 0 Å². The third kappa shape index (κ3) is 3.13. The van der Waals surface area contributed by atoms with Gasteiger partial charge in [-0.2, -0.15) is 5.10 Å². The number of nitrogens with one attached hydrogen (secondary N) is 1. The summed E-state index contributed by atoms with van der Waals surface area (Å²) in [6, 6.07) is 0.120. The number of nitrogens with zero attached hydrogens (tertiary/aromatic N) is 2. The third-order valence-corrected chi connectivity index (χ3v) is 4.20. The highest BCUT2D eigenvalue weighted by Crippen LogP contribution is 2.35. The molecule has 0 amide bonds. The summed E-state index contributed by atoms with van der Waals surface area (Å²) in [6.07, 6.45) is 3.86. The summed E-state index contributed by atoms with van der Waals surface area (Å²) in [6.45, 7) is 7.41. The molecule has 1 rings (SSSR count). The van der Waals surface area contributed by atoms with Crippen molar-refractivity contribution in [3.63, 3.8) is 0 Å². The zero-order chi connectivity index (χ0) is 13.8. The molecule has 5 heteroatoms. The minimum absolute atomic E-state index is 0.120. The van der Waals surface area contributed by atoms with Gasteiger partial charge in [0.1, 0.15) is 0 Å². The molecule has 18 heavy (non-hydrogen) atoms. The highest BCUT2D eigenvalue weighted by Gasteiger charge is 2.36. The topological polar surface area (TPSA) is 39.1 Å². The van der Waals surface area contributed by atoms with E-state index in [0.717, 1.165) is 29.6 Å². The second-order valence-electron chi connectivity index (χ2n) is 4.76. The number of aromatic nitrogens is 2. The Morgan fingerprint density at radius 3 is 2.61 bits per heavy atom. The second kappa shape index (κ2) is 6.68. The van der Waals surface area contributed by atoms with Crippen LogP contribution in [0.3, 0.4) is 0 Å². The van der Waals surface area contributed by atoms with Gasteiger partial charge in [-0.15, -0.1) is 0 Å². The minimum atomic E-state index is -0.245. The van der Waals surface area contributed by atoms with E-state index in [1.54, 1.807) is 7.11 Å². The first-order valence-electron chi connectivity index (χ1n) is 6.46. The molecule has 1 N–H and O–H groups in total. The van der Waals surface area contributed by atoms with Gasteiger partial charge < -0.3 is 10.1 Å². The van der Waals surface area contributed by atoms with Gasteiger partial charge in [0.05, 0.1) is 28.0 Å². The SMILES string of the molecule is CCCNC(c1c(Br)cnn1C)C(C)(CC)OC. The Hall–Kier alpha value is -0.390. The van der Waals surface area contributed by atoms with Crippen molar-refractivity contribution in [1.82, 2.24) is 15.1 Å². The maximum Gasteiger partial charge on any atom is 0.0857 e. The third-order valence-electron chi connectivity index (χ3n) is 3.59. The molecule has 1 aromatic rings. The van der Waals surface area contributed by atoms with Crippen molar-refractivity contribution >= 4 is 15.9 Å². The minimum Gasteiger partial charge on any atom is -0.376 e. The maximum atomic E-state index is 5.76. The van der Waals surface area contributed by atoms with Crippen molar-refractivity contribution in [3.8, 4) is 0 Å². The molecule has 1 heterocycles. The molecule has 0 aromatic carbocycles. The fraction of sp³-hybridized carbons (Fsp3) is 0.769. The molecule has 2 atom stereocenters. The van der Waals surface area contributed by atoms with Gasteiger partial charge in [-0.25, -0.2) is 0 Å². The molecule has 0 radical (unpaired) electrons. The average molecular weight is 318 g/mol. The van der Waals surface area contributed by atoms with E-state index in [1.807, 2.05) is 17.9 Å². The lowest BCUT2D eigenvalue weighted by molar-refractivity contribution is -0.0321. The summed E-state index contributed by atoms with van der Waals surface area (Å²) in [4.78, 5) is 0. The molecule has 0 aliphatic heterocycles. The van der Waals surface area contributed by atoms with E-state index >= 15 is 0 Å². The zero-order valence-electron chi connectivity index (χ0n) is 12.0. The van der Waals surface area contributed by atoms with Crippen LogP contribution in [0.15, 0.2) is 10.7 Å². The van der Waals surface area contributed by atoms with Crippen molar-refractivity contribution < 1.29 is 4.74 Å². The van der Waals surface area contributed by atoms with Crippen LogP contribution in [-0.2, 0) is 11.8 Å². The van der Waals surface area contributed by atoms with Crippen LogP contribution < -0.4 is 5.32 Å². The molecule has 2 unspecified atom stereocenters.